The van der Waals surface area contributed by atoms with E-state index >= 15 is 0 Å². The van der Waals surface area contributed by atoms with Gasteiger partial charge in [-0.15, -0.1) is 0 Å². The number of piperazine rings is 1. The zero-order chi connectivity index (χ0) is 15.9. The van der Waals surface area contributed by atoms with Crippen LogP contribution in [0.15, 0.2) is 18.5 Å². The number of aromatic nitrogens is 1. The van der Waals surface area contributed by atoms with Crippen molar-refractivity contribution in [1.29, 1.82) is 0 Å². The Morgan fingerprint density at radius 2 is 2.00 bits per heavy atom. The molecule has 2 heterocycles. The normalized spacial score (nSPS) is 16.1. The van der Waals surface area contributed by atoms with E-state index < -0.39 is 0 Å². The highest BCUT2D eigenvalue weighted by molar-refractivity contribution is 5.94. The van der Waals surface area contributed by atoms with Crippen molar-refractivity contribution in [2.45, 2.75) is 6.42 Å². The topological polar surface area (TPSA) is 51.7 Å². The van der Waals surface area contributed by atoms with Crippen LogP contribution in [0.2, 0.25) is 0 Å². The quantitative estimate of drug-likeness (QED) is 0.789. The summed E-state index contributed by atoms with van der Waals surface area (Å²) in [5.41, 5.74) is 1.58. The third kappa shape index (κ3) is 4.96. The highest BCUT2D eigenvalue weighted by atomic mass is 16.2. The molecule has 0 aliphatic carbocycles. The molecule has 122 valence electrons. The lowest BCUT2D eigenvalue weighted by molar-refractivity contribution is 0.0663. The molecule has 1 aliphatic rings. The molecule has 0 bridgehead atoms. The highest BCUT2D eigenvalue weighted by Gasteiger charge is 2.20. The predicted molar refractivity (Wildman–Crippen MR) is 89.3 cm³/mol. The summed E-state index contributed by atoms with van der Waals surface area (Å²) < 4.78 is 0. The summed E-state index contributed by atoms with van der Waals surface area (Å²) in [4.78, 5) is 23.0. The summed E-state index contributed by atoms with van der Waals surface area (Å²) in [5, 5.41) is 3.34. The molecule has 22 heavy (non-hydrogen) atoms. The number of pyridine rings is 1. The molecule has 1 N–H and O–H groups in total. The number of carbonyl (C=O) groups is 1. The molecule has 1 saturated heterocycles. The molecule has 0 aromatic carbocycles. The Hall–Kier alpha value is -1.66. The van der Waals surface area contributed by atoms with E-state index in [0.717, 1.165) is 51.4 Å². The number of nitrogens with one attached hydrogen (secondary N) is 1. The van der Waals surface area contributed by atoms with Crippen LogP contribution in [0.5, 0.6) is 0 Å². The molecule has 6 heteroatoms. The maximum Gasteiger partial charge on any atom is 0.255 e. The molecule has 0 spiro atoms. The van der Waals surface area contributed by atoms with Gasteiger partial charge < -0.3 is 20.0 Å². The molecule has 1 aliphatic heterocycles. The second-order valence-corrected chi connectivity index (χ2v) is 6.14. The second kappa shape index (κ2) is 8.10. The largest absolute Gasteiger partial charge is 0.384 e. The van der Waals surface area contributed by atoms with Crippen molar-refractivity contribution in [3.8, 4) is 0 Å². The number of nitrogens with zero attached hydrogens (tertiary/aromatic N) is 4. The SMILES string of the molecule is CN(C)CCCNc1cncc(C(=O)N2CCN(C)CC2)c1. The zero-order valence-corrected chi connectivity index (χ0v) is 13.9. The van der Waals surface area contributed by atoms with E-state index in [1.165, 1.54) is 0 Å². The molecule has 0 radical (unpaired) electrons. The lowest BCUT2D eigenvalue weighted by Gasteiger charge is -2.32. The molecule has 1 aromatic heterocycles. The average molecular weight is 305 g/mol. The van der Waals surface area contributed by atoms with Crippen molar-refractivity contribution in [2.24, 2.45) is 0 Å². The van der Waals surface area contributed by atoms with Gasteiger partial charge in [-0.1, -0.05) is 0 Å². The molecule has 1 fully saturated rings. The Balaban J connectivity index is 1.88. The summed E-state index contributed by atoms with van der Waals surface area (Å²) in [7, 11) is 6.22. The molecular weight excluding hydrogens is 278 g/mol. The van der Waals surface area contributed by atoms with Gasteiger partial charge in [-0.3, -0.25) is 9.78 Å². The first-order chi connectivity index (χ1) is 10.6. The molecule has 1 amide bonds. The number of carbonyl (C=O) groups excluding carboxylic acids is 1. The van der Waals surface area contributed by atoms with Crippen molar-refractivity contribution in [1.82, 2.24) is 19.7 Å². The summed E-state index contributed by atoms with van der Waals surface area (Å²) in [6.45, 7) is 5.36. The first-order valence-corrected chi connectivity index (χ1v) is 7.88. The summed E-state index contributed by atoms with van der Waals surface area (Å²) >= 11 is 0. The van der Waals surface area contributed by atoms with Crippen molar-refractivity contribution in [3.63, 3.8) is 0 Å². The van der Waals surface area contributed by atoms with Crippen molar-refractivity contribution < 1.29 is 4.79 Å². The van der Waals surface area contributed by atoms with Crippen LogP contribution in [0.1, 0.15) is 16.8 Å². The molecule has 0 atom stereocenters. The van der Waals surface area contributed by atoms with Gasteiger partial charge in [-0.05, 0) is 40.2 Å². The third-order valence-corrected chi connectivity index (χ3v) is 3.89. The summed E-state index contributed by atoms with van der Waals surface area (Å²) in [5.74, 6) is 0.0811. The first kappa shape index (κ1) is 16.7. The standard InChI is InChI=1S/C16H27N5O/c1-19(2)6-4-5-18-15-11-14(12-17-13-15)16(22)21-9-7-20(3)8-10-21/h11-13,18H,4-10H2,1-3H3. The van der Waals surface area contributed by atoms with Gasteiger partial charge in [0.1, 0.15) is 0 Å². The minimum atomic E-state index is 0.0811. The third-order valence-electron chi connectivity index (χ3n) is 3.89. The maximum absolute atomic E-state index is 12.5. The number of likely N-dealkylation sites (N-methyl/N-ethyl adjacent to an activating group) is 1. The molecule has 1 aromatic rings. The predicted octanol–water partition coefficient (Wildman–Crippen LogP) is 0.833. The lowest BCUT2D eigenvalue weighted by Crippen LogP contribution is -2.47. The molecule has 2 rings (SSSR count). The fourth-order valence-electron chi connectivity index (χ4n) is 2.47. The number of rotatable bonds is 6. The molecular formula is C16H27N5O. The van der Waals surface area contributed by atoms with Gasteiger partial charge in [0.25, 0.3) is 5.91 Å². The smallest absolute Gasteiger partial charge is 0.255 e. The van der Waals surface area contributed by atoms with Crippen molar-refractivity contribution >= 4 is 11.6 Å². The minimum absolute atomic E-state index is 0.0811. The van der Waals surface area contributed by atoms with Crippen LogP contribution in [0, 0.1) is 0 Å². The molecule has 0 saturated carbocycles. The van der Waals surface area contributed by atoms with Crippen molar-refractivity contribution in [3.05, 3.63) is 24.0 Å². The fraction of sp³-hybridized carbons (Fsp3) is 0.625. The first-order valence-electron chi connectivity index (χ1n) is 7.88. The van der Waals surface area contributed by atoms with Crippen LogP contribution in [0.25, 0.3) is 0 Å². The van der Waals surface area contributed by atoms with Gasteiger partial charge in [0.15, 0.2) is 0 Å². The van der Waals surface area contributed by atoms with Gasteiger partial charge in [-0.2, -0.15) is 0 Å². The van der Waals surface area contributed by atoms with Crippen LogP contribution in [0.4, 0.5) is 5.69 Å². The average Bonchev–Trinajstić information content (AvgIpc) is 2.52. The monoisotopic (exact) mass is 305 g/mol. The minimum Gasteiger partial charge on any atom is -0.384 e. The molecule has 0 unspecified atom stereocenters. The van der Waals surface area contributed by atoms with Crippen LogP contribution in [-0.2, 0) is 0 Å². The van der Waals surface area contributed by atoms with E-state index in [-0.39, 0.29) is 5.91 Å². The van der Waals surface area contributed by atoms with Crippen LogP contribution >= 0.6 is 0 Å². The van der Waals surface area contributed by atoms with Gasteiger partial charge in [0, 0.05) is 45.1 Å². The Kier molecular flexibility index (Phi) is 6.15. The van der Waals surface area contributed by atoms with Gasteiger partial charge in [0.05, 0.1) is 11.3 Å². The zero-order valence-electron chi connectivity index (χ0n) is 13.9. The summed E-state index contributed by atoms with van der Waals surface area (Å²) in [6.07, 6.45) is 4.49. The van der Waals surface area contributed by atoms with Crippen LogP contribution in [-0.4, -0.2) is 86.0 Å². The van der Waals surface area contributed by atoms with E-state index in [9.17, 15) is 4.79 Å². The Morgan fingerprint density at radius 1 is 1.27 bits per heavy atom. The number of hydrogen-bond acceptors (Lipinski definition) is 5. The Morgan fingerprint density at radius 3 is 2.68 bits per heavy atom. The Bertz CT molecular complexity index is 483. The lowest BCUT2D eigenvalue weighted by atomic mass is 10.2. The fourth-order valence-corrected chi connectivity index (χ4v) is 2.47. The van der Waals surface area contributed by atoms with Gasteiger partial charge in [0.2, 0.25) is 0 Å². The van der Waals surface area contributed by atoms with Gasteiger partial charge >= 0.3 is 0 Å². The van der Waals surface area contributed by atoms with E-state index in [4.69, 9.17) is 0 Å². The number of anilines is 1. The summed E-state index contributed by atoms with van der Waals surface area (Å²) in [6, 6.07) is 1.91. The highest BCUT2D eigenvalue weighted by Crippen LogP contribution is 2.12. The maximum atomic E-state index is 12.5. The Labute approximate surface area is 133 Å². The van der Waals surface area contributed by atoms with Crippen molar-refractivity contribution in [2.75, 3.05) is 65.7 Å². The van der Waals surface area contributed by atoms with E-state index in [2.05, 4.69) is 41.2 Å². The second-order valence-electron chi connectivity index (χ2n) is 6.14. The van der Waals surface area contributed by atoms with E-state index in [1.54, 1.807) is 12.4 Å². The van der Waals surface area contributed by atoms with E-state index in [0.29, 0.717) is 5.56 Å². The molecule has 6 nitrogen and oxygen atoms in total. The number of hydrogen-bond donors (Lipinski definition) is 1. The van der Waals surface area contributed by atoms with Gasteiger partial charge in [-0.25, -0.2) is 0 Å². The van der Waals surface area contributed by atoms with Crippen LogP contribution < -0.4 is 5.32 Å². The van der Waals surface area contributed by atoms with E-state index in [1.807, 2.05) is 11.0 Å². The number of amides is 1. The van der Waals surface area contributed by atoms with Crippen LogP contribution in [0.3, 0.4) is 0 Å².